The Labute approximate surface area is 294 Å². The highest BCUT2D eigenvalue weighted by Crippen LogP contribution is 2.43. The predicted molar refractivity (Wildman–Crippen MR) is 209 cm³/mol. The number of pyridine rings is 1. The van der Waals surface area contributed by atoms with Crippen molar-refractivity contribution in [2.75, 3.05) is 0 Å². The van der Waals surface area contributed by atoms with Crippen LogP contribution in [0.2, 0.25) is 0 Å². The number of rotatable bonds is 5. The number of para-hydroxylation sites is 2. The summed E-state index contributed by atoms with van der Waals surface area (Å²) >= 11 is 0. The van der Waals surface area contributed by atoms with Crippen molar-refractivity contribution in [2.24, 2.45) is 0 Å². The lowest BCUT2D eigenvalue weighted by atomic mass is 9.95. The molecule has 10 rings (SSSR count). The van der Waals surface area contributed by atoms with E-state index in [-0.39, 0.29) is 0 Å². The second-order valence-corrected chi connectivity index (χ2v) is 12.8. The molecule has 0 amide bonds. The second-order valence-electron chi connectivity index (χ2n) is 12.8. The van der Waals surface area contributed by atoms with Crippen LogP contribution in [0.5, 0.6) is 0 Å². The Morgan fingerprint density at radius 2 is 0.961 bits per heavy atom. The van der Waals surface area contributed by atoms with E-state index in [1.54, 1.807) is 0 Å². The van der Waals surface area contributed by atoms with E-state index in [2.05, 4.69) is 127 Å². The highest BCUT2D eigenvalue weighted by atomic mass is 16.3. The van der Waals surface area contributed by atoms with Gasteiger partial charge in [-0.3, -0.25) is 0 Å². The Balaban J connectivity index is 1.15. The molecule has 0 fully saturated rings. The van der Waals surface area contributed by atoms with Crippen molar-refractivity contribution < 1.29 is 4.42 Å². The first kappa shape index (κ1) is 29.0. The van der Waals surface area contributed by atoms with Crippen molar-refractivity contribution in [3.05, 3.63) is 176 Å². The quantitative estimate of drug-likeness (QED) is 0.186. The summed E-state index contributed by atoms with van der Waals surface area (Å²) in [6.45, 7) is 0. The van der Waals surface area contributed by atoms with Crippen LogP contribution in [0.3, 0.4) is 0 Å². The van der Waals surface area contributed by atoms with Crippen LogP contribution in [-0.2, 0) is 0 Å². The van der Waals surface area contributed by atoms with Gasteiger partial charge in [-0.1, -0.05) is 158 Å². The van der Waals surface area contributed by atoms with Gasteiger partial charge in [-0.25, -0.2) is 15.0 Å². The molecule has 0 atom stereocenters. The van der Waals surface area contributed by atoms with Gasteiger partial charge in [0.05, 0.1) is 28.0 Å². The van der Waals surface area contributed by atoms with E-state index in [0.717, 1.165) is 88.7 Å². The van der Waals surface area contributed by atoms with E-state index in [1.807, 2.05) is 48.5 Å². The maximum atomic E-state index is 6.65. The fraction of sp³-hybridized carbons (Fsp3) is 0. The molecule has 0 saturated carbocycles. The third-order valence-electron chi connectivity index (χ3n) is 9.70. The molecule has 0 N–H and O–H groups in total. The van der Waals surface area contributed by atoms with E-state index in [0.29, 0.717) is 5.82 Å². The average molecular weight is 652 g/mol. The largest absolute Gasteiger partial charge is 0.455 e. The molecule has 0 unspecified atom stereocenters. The molecule has 0 aliphatic heterocycles. The van der Waals surface area contributed by atoms with Gasteiger partial charge in [0.15, 0.2) is 5.82 Å². The lowest BCUT2D eigenvalue weighted by Crippen LogP contribution is -1.96. The molecule has 10 aromatic rings. The maximum Gasteiger partial charge on any atom is 0.160 e. The van der Waals surface area contributed by atoms with Crippen LogP contribution in [0.1, 0.15) is 0 Å². The maximum absolute atomic E-state index is 6.65. The van der Waals surface area contributed by atoms with Gasteiger partial charge in [0.2, 0.25) is 0 Å². The highest BCUT2D eigenvalue weighted by molar-refractivity contribution is 6.22. The van der Waals surface area contributed by atoms with Gasteiger partial charge < -0.3 is 4.42 Å². The van der Waals surface area contributed by atoms with Crippen molar-refractivity contribution in [3.63, 3.8) is 0 Å². The topological polar surface area (TPSA) is 51.8 Å². The number of nitrogens with zero attached hydrogens (tertiary/aromatic N) is 3. The van der Waals surface area contributed by atoms with E-state index >= 15 is 0 Å². The Bertz CT molecular complexity index is 2830. The summed E-state index contributed by atoms with van der Waals surface area (Å²) < 4.78 is 6.65. The number of aromatic nitrogens is 3. The van der Waals surface area contributed by atoms with Gasteiger partial charge in [0.1, 0.15) is 11.2 Å². The summed E-state index contributed by atoms with van der Waals surface area (Å²) in [6, 6.07) is 60.7. The van der Waals surface area contributed by atoms with Gasteiger partial charge in [-0.05, 0) is 34.5 Å². The molecule has 51 heavy (non-hydrogen) atoms. The van der Waals surface area contributed by atoms with Gasteiger partial charge in [0, 0.05) is 38.6 Å². The minimum absolute atomic E-state index is 0.699. The van der Waals surface area contributed by atoms with E-state index in [1.165, 1.54) is 5.39 Å². The number of benzene rings is 7. The number of hydrogen-bond acceptors (Lipinski definition) is 4. The first-order chi connectivity index (χ1) is 25.3. The second kappa shape index (κ2) is 11.9. The van der Waals surface area contributed by atoms with E-state index in [9.17, 15) is 0 Å². The predicted octanol–water partition coefficient (Wildman–Crippen LogP) is 12.4. The number of fused-ring (bicyclic) bond motifs is 6. The van der Waals surface area contributed by atoms with Crippen molar-refractivity contribution >= 4 is 43.6 Å². The van der Waals surface area contributed by atoms with Crippen LogP contribution in [0.4, 0.5) is 0 Å². The SMILES string of the molecule is c1ccc(-c2cc(-c3ccc(-c4cccc5c4nc(-c4cccc6ccccc46)c4c6ccccc6oc54)cc3)nc(-c3ccccc3)n2)cc1. The van der Waals surface area contributed by atoms with Crippen LogP contribution < -0.4 is 0 Å². The Morgan fingerprint density at radius 3 is 1.75 bits per heavy atom. The zero-order valence-electron chi connectivity index (χ0n) is 27.5. The molecular weight excluding hydrogens is 623 g/mol. The highest BCUT2D eigenvalue weighted by Gasteiger charge is 2.21. The third-order valence-corrected chi connectivity index (χ3v) is 9.70. The van der Waals surface area contributed by atoms with Gasteiger partial charge in [-0.2, -0.15) is 0 Å². The standard InChI is InChI=1S/C47H29N3O/c1-3-14-32(15-4-1)40-29-41(49-47(48-40)34-16-5-2-6-17-34)33-27-25-31(26-28-33)36-21-12-23-39-44(36)50-45(37-22-11-18-30-13-7-8-19-35(30)37)43-38-20-9-10-24-42(38)51-46(39)43/h1-29H. The fourth-order valence-electron chi connectivity index (χ4n) is 7.23. The molecule has 0 bridgehead atoms. The zero-order valence-corrected chi connectivity index (χ0v) is 27.5. The smallest absolute Gasteiger partial charge is 0.160 e. The normalized spacial score (nSPS) is 11.5. The Kier molecular flexibility index (Phi) is 6.78. The van der Waals surface area contributed by atoms with Gasteiger partial charge in [0.25, 0.3) is 0 Å². The molecule has 0 radical (unpaired) electrons. The van der Waals surface area contributed by atoms with Gasteiger partial charge in [-0.15, -0.1) is 0 Å². The van der Waals surface area contributed by atoms with Crippen LogP contribution in [0, 0.1) is 0 Å². The van der Waals surface area contributed by atoms with Crippen LogP contribution in [-0.4, -0.2) is 15.0 Å². The molecular formula is C47H29N3O. The van der Waals surface area contributed by atoms with E-state index < -0.39 is 0 Å². The third kappa shape index (κ3) is 4.96. The molecule has 0 spiro atoms. The molecule has 0 aliphatic rings. The molecule has 0 aliphatic carbocycles. The van der Waals surface area contributed by atoms with Crippen molar-refractivity contribution in [1.29, 1.82) is 0 Å². The zero-order chi connectivity index (χ0) is 33.7. The minimum Gasteiger partial charge on any atom is -0.455 e. The summed E-state index contributed by atoms with van der Waals surface area (Å²) in [6.07, 6.45) is 0. The fourth-order valence-corrected chi connectivity index (χ4v) is 7.23. The first-order valence-electron chi connectivity index (χ1n) is 17.1. The monoisotopic (exact) mass is 651 g/mol. The minimum atomic E-state index is 0.699. The number of hydrogen-bond donors (Lipinski definition) is 0. The summed E-state index contributed by atoms with van der Waals surface area (Å²) in [5.74, 6) is 0.699. The van der Waals surface area contributed by atoms with Crippen molar-refractivity contribution in [1.82, 2.24) is 15.0 Å². The lowest BCUT2D eigenvalue weighted by Gasteiger charge is -2.13. The molecule has 3 heterocycles. The molecule has 0 saturated heterocycles. The lowest BCUT2D eigenvalue weighted by molar-refractivity contribution is 0.672. The molecule has 238 valence electrons. The summed E-state index contributed by atoms with van der Waals surface area (Å²) in [5.41, 5.74) is 11.5. The van der Waals surface area contributed by atoms with Crippen molar-refractivity contribution in [2.45, 2.75) is 0 Å². The Morgan fingerprint density at radius 1 is 0.392 bits per heavy atom. The van der Waals surface area contributed by atoms with Crippen LogP contribution in [0.15, 0.2) is 180 Å². The molecule has 7 aromatic carbocycles. The molecule has 3 aromatic heterocycles. The summed E-state index contributed by atoms with van der Waals surface area (Å²) in [7, 11) is 0. The van der Waals surface area contributed by atoms with Gasteiger partial charge >= 0.3 is 0 Å². The van der Waals surface area contributed by atoms with Crippen LogP contribution in [0.25, 0.3) is 99.9 Å². The Hall–Kier alpha value is -6.91. The number of furan rings is 1. The summed E-state index contributed by atoms with van der Waals surface area (Å²) in [5, 5.41) is 5.43. The van der Waals surface area contributed by atoms with Crippen LogP contribution >= 0.6 is 0 Å². The van der Waals surface area contributed by atoms with E-state index in [4.69, 9.17) is 19.4 Å². The molecule has 4 nitrogen and oxygen atoms in total. The average Bonchev–Trinajstić information content (AvgIpc) is 3.61. The van der Waals surface area contributed by atoms with Crippen molar-refractivity contribution in [3.8, 4) is 56.3 Å². The molecule has 4 heteroatoms. The summed E-state index contributed by atoms with van der Waals surface area (Å²) in [4.78, 5) is 15.5. The first-order valence-corrected chi connectivity index (χ1v) is 17.1.